The van der Waals surface area contributed by atoms with E-state index in [1.165, 1.54) is 17.8 Å². The summed E-state index contributed by atoms with van der Waals surface area (Å²) < 4.78 is 37.6. The molecule has 0 spiro atoms. The standard InChI is InChI=1S/C18H18F3N3/c19-18(20,21)16-8-6-15(7-9-16)14-22-24-12-10-23(11-13-24)17-4-2-1-3-5-17/h1-9,14H,10-13H2/b22-14-. The van der Waals surface area contributed by atoms with Crippen molar-refractivity contribution < 1.29 is 13.2 Å². The predicted molar refractivity (Wildman–Crippen MR) is 89.3 cm³/mol. The van der Waals surface area contributed by atoms with Crippen LogP contribution >= 0.6 is 0 Å². The lowest BCUT2D eigenvalue weighted by atomic mass is 10.1. The third kappa shape index (κ3) is 4.07. The lowest BCUT2D eigenvalue weighted by Gasteiger charge is -2.34. The zero-order valence-corrected chi connectivity index (χ0v) is 13.1. The molecule has 0 saturated carbocycles. The van der Waals surface area contributed by atoms with Crippen LogP contribution in [-0.2, 0) is 6.18 Å². The third-order valence-corrected chi connectivity index (χ3v) is 3.99. The number of alkyl halides is 3. The molecule has 1 aliphatic rings. The van der Waals surface area contributed by atoms with Gasteiger partial charge in [0.25, 0.3) is 0 Å². The van der Waals surface area contributed by atoms with Crippen LogP contribution in [0.3, 0.4) is 0 Å². The van der Waals surface area contributed by atoms with Gasteiger partial charge in [-0.1, -0.05) is 30.3 Å². The molecule has 126 valence electrons. The number of para-hydroxylation sites is 1. The molecule has 0 radical (unpaired) electrons. The van der Waals surface area contributed by atoms with Crippen LogP contribution in [0.2, 0.25) is 0 Å². The Hall–Kier alpha value is -2.50. The molecule has 0 atom stereocenters. The highest BCUT2D eigenvalue weighted by Crippen LogP contribution is 2.28. The first-order valence-electron chi connectivity index (χ1n) is 7.78. The van der Waals surface area contributed by atoms with Gasteiger partial charge in [-0.15, -0.1) is 0 Å². The minimum atomic E-state index is -4.30. The van der Waals surface area contributed by atoms with Gasteiger partial charge in [-0.05, 0) is 29.8 Å². The number of benzene rings is 2. The normalized spacial score (nSPS) is 16.0. The van der Waals surface area contributed by atoms with Gasteiger partial charge in [0.2, 0.25) is 0 Å². The average molecular weight is 333 g/mol. The van der Waals surface area contributed by atoms with Crippen LogP contribution in [0, 0.1) is 0 Å². The van der Waals surface area contributed by atoms with Crippen molar-refractivity contribution in [1.29, 1.82) is 0 Å². The summed E-state index contributed by atoms with van der Waals surface area (Å²) in [6.07, 6.45) is -2.69. The van der Waals surface area contributed by atoms with Crippen molar-refractivity contribution in [3.63, 3.8) is 0 Å². The Morgan fingerprint density at radius 1 is 0.833 bits per heavy atom. The fraction of sp³-hybridized carbons (Fsp3) is 0.278. The molecular formula is C18H18F3N3. The van der Waals surface area contributed by atoms with Gasteiger partial charge < -0.3 is 4.90 Å². The zero-order valence-electron chi connectivity index (χ0n) is 13.1. The van der Waals surface area contributed by atoms with Crippen LogP contribution < -0.4 is 4.90 Å². The maximum Gasteiger partial charge on any atom is 0.416 e. The summed E-state index contributed by atoms with van der Waals surface area (Å²) in [6, 6.07) is 15.2. The maximum atomic E-state index is 12.5. The van der Waals surface area contributed by atoms with E-state index in [2.05, 4.69) is 22.1 Å². The van der Waals surface area contributed by atoms with Gasteiger partial charge in [0.05, 0.1) is 24.9 Å². The molecule has 3 nitrogen and oxygen atoms in total. The van der Waals surface area contributed by atoms with Crippen LogP contribution in [0.15, 0.2) is 59.7 Å². The topological polar surface area (TPSA) is 18.8 Å². The summed E-state index contributed by atoms with van der Waals surface area (Å²) >= 11 is 0. The van der Waals surface area contributed by atoms with E-state index in [1.807, 2.05) is 23.2 Å². The molecule has 24 heavy (non-hydrogen) atoms. The highest BCUT2D eigenvalue weighted by atomic mass is 19.4. The third-order valence-electron chi connectivity index (χ3n) is 3.99. The van der Waals surface area contributed by atoms with Crippen molar-refractivity contribution in [2.24, 2.45) is 5.10 Å². The molecule has 0 bridgehead atoms. The number of anilines is 1. The molecule has 0 N–H and O–H groups in total. The lowest BCUT2D eigenvalue weighted by molar-refractivity contribution is -0.137. The molecule has 1 heterocycles. The monoisotopic (exact) mass is 333 g/mol. The molecule has 0 aromatic heterocycles. The number of rotatable bonds is 3. The highest BCUT2D eigenvalue weighted by Gasteiger charge is 2.29. The average Bonchev–Trinajstić information content (AvgIpc) is 2.61. The zero-order chi connectivity index (χ0) is 17.0. The van der Waals surface area contributed by atoms with E-state index in [1.54, 1.807) is 6.21 Å². The Kier molecular flexibility index (Phi) is 4.74. The molecular weight excluding hydrogens is 315 g/mol. The molecule has 1 fully saturated rings. The highest BCUT2D eigenvalue weighted by molar-refractivity contribution is 5.79. The SMILES string of the molecule is FC(F)(F)c1ccc(/C=N\N2CCN(c3ccccc3)CC2)cc1. The molecule has 2 aromatic carbocycles. The second-order valence-corrected chi connectivity index (χ2v) is 5.64. The maximum absolute atomic E-state index is 12.5. The lowest BCUT2D eigenvalue weighted by Crippen LogP contribution is -2.44. The first kappa shape index (κ1) is 16.4. The fourth-order valence-electron chi connectivity index (χ4n) is 2.61. The van der Waals surface area contributed by atoms with Crippen molar-refractivity contribution in [2.45, 2.75) is 6.18 Å². The summed E-state index contributed by atoms with van der Waals surface area (Å²) in [5.74, 6) is 0. The van der Waals surface area contributed by atoms with Crippen LogP contribution in [0.25, 0.3) is 0 Å². The van der Waals surface area contributed by atoms with E-state index in [0.717, 1.165) is 38.3 Å². The van der Waals surface area contributed by atoms with Crippen LogP contribution in [-0.4, -0.2) is 37.4 Å². The number of hydrazone groups is 1. The van der Waals surface area contributed by atoms with Crippen LogP contribution in [0.4, 0.5) is 18.9 Å². The van der Waals surface area contributed by atoms with Gasteiger partial charge in [0.1, 0.15) is 0 Å². The summed E-state index contributed by atoms with van der Waals surface area (Å²) in [5.41, 5.74) is 1.22. The Morgan fingerprint density at radius 3 is 2.04 bits per heavy atom. The Morgan fingerprint density at radius 2 is 1.46 bits per heavy atom. The number of piperazine rings is 1. The number of hydrogen-bond donors (Lipinski definition) is 0. The van der Waals surface area contributed by atoms with Gasteiger partial charge in [-0.25, -0.2) is 0 Å². The molecule has 1 aliphatic heterocycles. The second kappa shape index (κ2) is 6.95. The second-order valence-electron chi connectivity index (χ2n) is 5.64. The first-order valence-corrected chi connectivity index (χ1v) is 7.78. The minimum Gasteiger partial charge on any atom is -0.368 e. The van der Waals surface area contributed by atoms with E-state index in [9.17, 15) is 13.2 Å². The summed E-state index contributed by atoms with van der Waals surface area (Å²) in [5, 5.41) is 6.32. The minimum absolute atomic E-state index is 0.642. The van der Waals surface area contributed by atoms with E-state index in [4.69, 9.17) is 0 Å². The van der Waals surface area contributed by atoms with Crippen LogP contribution in [0.5, 0.6) is 0 Å². The summed E-state index contributed by atoms with van der Waals surface area (Å²) in [7, 11) is 0. The fourth-order valence-corrected chi connectivity index (χ4v) is 2.61. The number of halogens is 3. The molecule has 6 heteroatoms. The Labute approximate surface area is 139 Å². The van der Waals surface area contributed by atoms with Crippen molar-refractivity contribution >= 4 is 11.9 Å². The van der Waals surface area contributed by atoms with E-state index < -0.39 is 11.7 Å². The predicted octanol–water partition coefficient (Wildman–Crippen LogP) is 3.86. The van der Waals surface area contributed by atoms with E-state index in [0.29, 0.717) is 5.56 Å². The summed E-state index contributed by atoms with van der Waals surface area (Å²) in [4.78, 5) is 2.30. The van der Waals surface area contributed by atoms with E-state index >= 15 is 0 Å². The van der Waals surface area contributed by atoms with E-state index in [-0.39, 0.29) is 0 Å². The molecule has 2 aromatic rings. The largest absolute Gasteiger partial charge is 0.416 e. The Bertz CT molecular complexity index is 673. The molecule has 0 unspecified atom stereocenters. The molecule has 1 saturated heterocycles. The van der Waals surface area contributed by atoms with Gasteiger partial charge >= 0.3 is 6.18 Å². The van der Waals surface area contributed by atoms with Crippen molar-refractivity contribution in [3.8, 4) is 0 Å². The number of nitrogens with zero attached hydrogens (tertiary/aromatic N) is 3. The number of hydrogen-bond acceptors (Lipinski definition) is 3. The molecule has 3 rings (SSSR count). The van der Waals surface area contributed by atoms with Crippen LogP contribution in [0.1, 0.15) is 11.1 Å². The molecule has 0 amide bonds. The molecule has 0 aliphatic carbocycles. The first-order chi connectivity index (χ1) is 11.5. The smallest absolute Gasteiger partial charge is 0.368 e. The van der Waals surface area contributed by atoms with Gasteiger partial charge in [0, 0.05) is 18.8 Å². The van der Waals surface area contributed by atoms with Gasteiger partial charge in [-0.2, -0.15) is 18.3 Å². The Balaban J connectivity index is 1.55. The van der Waals surface area contributed by atoms with Crippen molar-refractivity contribution in [2.75, 3.05) is 31.1 Å². The van der Waals surface area contributed by atoms with Crippen molar-refractivity contribution in [1.82, 2.24) is 5.01 Å². The van der Waals surface area contributed by atoms with Crippen molar-refractivity contribution in [3.05, 3.63) is 65.7 Å². The van der Waals surface area contributed by atoms with Gasteiger partial charge in [-0.3, -0.25) is 5.01 Å². The van der Waals surface area contributed by atoms with Gasteiger partial charge in [0.15, 0.2) is 0 Å². The summed E-state index contributed by atoms with van der Waals surface area (Å²) in [6.45, 7) is 3.31. The quantitative estimate of drug-likeness (QED) is 0.794.